The number of carbonyl (C=O) groups excluding carboxylic acids is 1. The largest absolute Gasteiger partial charge is 0.372 e. The van der Waals surface area contributed by atoms with Gasteiger partial charge in [0.05, 0.1) is 26.4 Å². The van der Waals surface area contributed by atoms with Crippen molar-refractivity contribution in [2.45, 2.75) is 45.2 Å². The number of nitrogens with zero attached hydrogens (tertiary/aromatic N) is 2. The molecule has 0 bridgehead atoms. The average molecular weight is 522 g/mol. The summed E-state index contributed by atoms with van der Waals surface area (Å²) in [5.74, 6) is -0.354. The van der Waals surface area contributed by atoms with Crippen LogP contribution in [-0.4, -0.2) is 43.3 Å². The normalized spacial score (nSPS) is 17.5. The minimum atomic E-state index is -4.23. The van der Waals surface area contributed by atoms with Gasteiger partial charge in [-0.15, -0.1) is 0 Å². The molecule has 2 aromatic rings. The molecule has 0 amide bonds. The maximum Gasteiger partial charge on any atom is 0.372 e. The van der Waals surface area contributed by atoms with Gasteiger partial charge in [-0.25, -0.2) is 0 Å². The summed E-state index contributed by atoms with van der Waals surface area (Å²) in [5, 5.41) is 6.22. The van der Waals surface area contributed by atoms with Crippen molar-refractivity contribution in [3.63, 3.8) is 0 Å². The van der Waals surface area contributed by atoms with E-state index in [4.69, 9.17) is 18.1 Å². The van der Waals surface area contributed by atoms with Gasteiger partial charge in [0.1, 0.15) is 6.04 Å². The summed E-state index contributed by atoms with van der Waals surface area (Å²) in [7, 11) is -8.46. The molecular weight excluding hydrogens is 490 g/mol. The Morgan fingerprint density at radius 1 is 0.829 bits per heavy atom. The van der Waals surface area contributed by atoms with Crippen molar-refractivity contribution in [2.24, 2.45) is 10.2 Å². The summed E-state index contributed by atoms with van der Waals surface area (Å²) in [6.07, 6.45) is -0.296. The van der Waals surface area contributed by atoms with E-state index in [1.807, 2.05) is 36.4 Å². The number of benzene rings is 2. The van der Waals surface area contributed by atoms with Gasteiger partial charge in [-0.1, -0.05) is 48.5 Å². The van der Waals surface area contributed by atoms with E-state index in [0.717, 1.165) is 11.1 Å². The van der Waals surface area contributed by atoms with Crippen molar-refractivity contribution in [3.05, 3.63) is 60.2 Å². The molecule has 1 aliphatic heterocycles. The molecule has 35 heavy (non-hydrogen) atoms. The second-order valence-electron chi connectivity index (χ2n) is 7.69. The third-order valence-electron chi connectivity index (χ3n) is 5.45. The van der Waals surface area contributed by atoms with E-state index in [1.165, 1.54) is 0 Å². The highest BCUT2D eigenvalue weighted by atomic mass is 31.2. The van der Waals surface area contributed by atoms with Gasteiger partial charge < -0.3 is 18.1 Å². The first-order chi connectivity index (χ1) is 16.8. The predicted octanol–water partition coefficient (Wildman–Crippen LogP) is 6.95. The molecule has 3 rings (SSSR count). The van der Waals surface area contributed by atoms with E-state index >= 15 is 0 Å². The molecule has 0 aromatic heterocycles. The Bertz CT molecular complexity index is 1090. The van der Waals surface area contributed by atoms with E-state index < -0.39 is 26.3 Å². The summed E-state index contributed by atoms with van der Waals surface area (Å²) in [4.78, 5) is 13.5. The number of hydrogen-bond donors (Lipinski definition) is 0. The molecule has 0 N–H and O–H groups in total. The van der Waals surface area contributed by atoms with Gasteiger partial charge in [0.15, 0.2) is 5.78 Å². The number of hydrogen-bond acceptors (Lipinski definition) is 9. The third kappa shape index (κ3) is 5.41. The van der Waals surface area contributed by atoms with Crippen molar-refractivity contribution in [3.8, 4) is 11.1 Å². The SMILES string of the molecule is CCOP(=O)(OCC)C1(P(=O)(OCC)OCC)CC(C(=O)c2cccc(-c3ccccc3)c2)N=N1. The van der Waals surface area contributed by atoms with Gasteiger partial charge in [-0.05, 0) is 44.9 Å². The average Bonchev–Trinajstić information content (AvgIpc) is 3.33. The summed E-state index contributed by atoms with van der Waals surface area (Å²) >= 11 is 0. The van der Waals surface area contributed by atoms with Gasteiger partial charge in [0.2, 0.25) is 0 Å². The first-order valence-corrected chi connectivity index (χ1v) is 14.8. The van der Waals surface area contributed by atoms with Gasteiger partial charge in [0, 0.05) is 12.0 Å². The quantitative estimate of drug-likeness (QED) is 0.207. The Labute approximate surface area is 206 Å². The molecule has 9 nitrogen and oxygen atoms in total. The molecule has 0 fully saturated rings. The molecule has 0 spiro atoms. The van der Waals surface area contributed by atoms with Gasteiger partial charge in [-0.3, -0.25) is 13.9 Å². The zero-order chi connectivity index (χ0) is 25.5. The van der Waals surface area contributed by atoms with Crippen LogP contribution in [0, 0.1) is 0 Å². The first kappa shape index (κ1) is 27.6. The van der Waals surface area contributed by atoms with Crippen LogP contribution < -0.4 is 0 Å². The lowest BCUT2D eigenvalue weighted by atomic mass is 9.98. The van der Waals surface area contributed by atoms with Gasteiger partial charge in [0.25, 0.3) is 5.02 Å². The van der Waals surface area contributed by atoms with Crippen molar-refractivity contribution in [1.82, 2.24) is 0 Å². The maximum absolute atomic E-state index is 14.0. The van der Waals surface area contributed by atoms with Crippen LogP contribution in [-0.2, 0) is 27.2 Å². The molecule has 0 aliphatic carbocycles. The number of ketones is 1. The van der Waals surface area contributed by atoms with E-state index in [0.29, 0.717) is 5.56 Å². The Balaban J connectivity index is 2.03. The lowest BCUT2D eigenvalue weighted by Crippen LogP contribution is -2.33. The van der Waals surface area contributed by atoms with Crippen LogP contribution in [0.25, 0.3) is 11.1 Å². The van der Waals surface area contributed by atoms with E-state index in [9.17, 15) is 13.9 Å². The van der Waals surface area contributed by atoms with E-state index in [-0.39, 0.29) is 38.6 Å². The maximum atomic E-state index is 14.0. The molecule has 0 saturated heterocycles. The summed E-state index contributed by atoms with van der Waals surface area (Å²) in [6.45, 7) is 6.56. The Kier molecular flexibility index (Phi) is 9.33. The van der Waals surface area contributed by atoms with Crippen LogP contribution in [0.3, 0.4) is 0 Å². The Morgan fingerprint density at radius 2 is 1.34 bits per heavy atom. The molecular formula is C24H32N2O7P2. The lowest BCUT2D eigenvalue weighted by molar-refractivity contribution is 0.0960. The van der Waals surface area contributed by atoms with Crippen LogP contribution in [0.1, 0.15) is 44.5 Å². The second kappa shape index (κ2) is 11.8. The molecule has 1 unspecified atom stereocenters. The minimum Gasteiger partial charge on any atom is -0.307 e. The van der Waals surface area contributed by atoms with Crippen LogP contribution in [0.5, 0.6) is 0 Å². The molecule has 11 heteroatoms. The number of azo groups is 1. The number of rotatable bonds is 13. The summed E-state index contributed by atoms with van der Waals surface area (Å²) in [5.41, 5.74) is 2.22. The Hall–Kier alpha value is -1.99. The highest BCUT2D eigenvalue weighted by Gasteiger charge is 2.69. The van der Waals surface area contributed by atoms with E-state index in [2.05, 4.69) is 10.2 Å². The smallest absolute Gasteiger partial charge is 0.307 e. The predicted molar refractivity (Wildman–Crippen MR) is 134 cm³/mol. The summed E-state index contributed by atoms with van der Waals surface area (Å²) in [6, 6.07) is 15.7. The second-order valence-corrected chi connectivity index (χ2v) is 12.5. The number of Topliss-reactive ketones (excluding diaryl/α,β-unsaturated/α-hetero) is 1. The Morgan fingerprint density at radius 3 is 1.86 bits per heavy atom. The van der Waals surface area contributed by atoms with Crippen molar-refractivity contribution >= 4 is 21.0 Å². The van der Waals surface area contributed by atoms with Crippen molar-refractivity contribution in [2.75, 3.05) is 26.4 Å². The van der Waals surface area contributed by atoms with Gasteiger partial charge in [-0.2, -0.15) is 10.2 Å². The third-order valence-corrected chi connectivity index (χ3v) is 11.6. The van der Waals surface area contributed by atoms with Crippen LogP contribution in [0.4, 0.5) is 0 Å². The number of carbonyl (C=O) groups is 1. The van der Waals surface area contributed by atoms with Crippen molar-refractivity contribution < 1.29 is 32.0 Å². The summed E-state index contributed by atoms with van der Waals surface area (Å²) < 4.78 is 50.2. The first-order valence-electron chi connectivity index (χ1n) is 11.7. The molecule has 2 aromatic carbocycles. The molecule has 190 valence electrons. The standard InChI is InChI=1S/C24H32N2O7P2/c1-5-30-34(28,31-6-2)24(35(29,32-7-3)33-8-4)18-22(25-26-24)23(27)21-16-12-15-20(17-21)19-13-10-9-11-14-19/h9-17,22H,5-8,18H2,1-4H3. The van der Waals surface area contributed by atoms with Crippen molar-refractivity contribution in [1.29, 1.82) is 0 Å². The van der Waals surface area contributed by atoms with Crippen LogP contribution in [0.15, 0.2) is 64.8 Å². The monoisotopic (exact) mass is 522 g/mol. The highest BCUT2D eigenvalue weighted by Crippen LogP contribution is 2.81. The highest BCUT2D eigenvalue weighted by molar-refractivity contribution is 7.74. The molecule has 1 atom stereocenters. The molecule has 1 aliphatic rings. The van der Waals surface area contributed by atoms with E-state index in [1.54, 1.807) is 45.9 Å². The van der Waals surface area contributed by atoms with Gasteiger partial charge >= 0.3 is 15.2 Å². The zero-order valence-electron chi connectivity index (χ0n) is 20.5. The molecule has 0 radical (unpaired) electrons. The fraction of sp³-hybridized carbons (Fsp3) is 0.458. The molecule has 0 saturated carbocycles. The minimum absolute atomic E-state index is 0.00450. The van der Waals surface area contributed by atoms with Crippen LogP contribution >= 0.6 is 15.2 Å². The molecule has 1 heterocycles. The fourth-order valence-electron chi connectivity index (χ4n) is 3.97. The lowest BCUT2D eigenvalue weighted by Gasteiger charge is -2.36. The topological polar surface area (TPSA) is 113 Å². The fourth-order valence-corrected chi connectivity index (χ4v) is 9.32. The van der Waals surface area contributed by atoms with Crippen LogP contribution in [0.2, 0.25) is 0 Å². The zero-order valence-corrected chi connectivity index (χ0v) is 22.2.